The molecule has 0 spiro atoms. The van der Waals surface area contributed by atoms with Gasteiger partial charge < -0.3 is 25.8 Å². The second-order valence-electron chi connectivity index (χ2n) is 11.3. The number of anilines is 2. The van der Waals surface area contributed by atoms with Crippen LogP contribution in [0.25, 0.3) is 0 Å². The summed E-state index contributed by atoms with van der Waals surface area (Å²) in [5, 5.41) is 10.6. The van der Waals surface area contributed by atoms with E-state index >= 15 is 0 Å². The fourth-order valence-corrected chi connectivity index (χ4v) is 6.33. The van der Waals surface area contributed by atoms with Crippen molar-refractivity contribution < 1.29 is 4.79 Å². The van der Waals surface area contributed by atoms with Crippen LogP contribution in [0.5, 0.6) is 0 Å². The molecule has 0 atom stereocenters. The number of nitrogens with one attached hydrogen (secondary N) is 3. The molecule has 226 valence electrons. The molecule has 2 aliphatic heterocycles. The van der Waals surface area contributed by atoms with Crippen molar-refractivity contribution in [3.8, 4) is 0 Å². The van der Waals surface area contributed by atoms with Gasteiger partial charge in [-0.25, -0.2) is 0 Å². The van der Waals surface area contributed by atoms with Gasteiger partial charge in [0.25, 0.3) is 5.91 Å². The van der Waals surface area contributed by atoms with Crippen LogP contribution >= 0.6 is 12.2 Å². The van der Waals surface area contributed by atoms with Gasteiger partial charge in [-0.2, -0.15) is 0 Å². The van der Waals surface area contributed by atoms with Crippen LogP contribution in [-0.2, 0) is 6.54 Å². The van der Waals surface area contributed by atoms with E-state index in [0.717, 1.165) is 56.2 Å². The number of piperazine rings is 2. The third-order valence-electron chi connectivity index (χ3n) is 8.44. The van der Waals surface area contributed by atoms with E-state index in [9.17, 15) is 4.79 Å². The zero-order chi connectivity index (χ0) is 30.1. The normalized spacial score (nSPS) is 15.7. The Morgan fingerprint density at radius 2 is 1.34 bits per heavy atom. The van der Waals surface area contributed by atoms with E-state index in [1.807, 2.05) is 35.2 Å². The zero-order valence-corrected chi connectivity index (χ0v) is 25.8. The molecular weight excluding hydrogens is 565 g/mol. The molecule has 7 nitrogen and oxygen atoms in total. The predicted octanol–water partition coefficient (Wildman–Crippen LogP) is 5.13. The summed E-state index contributed by atoms with van der Waals surface area (Å²) in [5.41, 5.74) is 6.35. The first-order valence-corrected chi connectivity index (χ1v) is 15.9. The lowest BCUT2D eigenvalue weighted by Gasteiger charge is -2.41. The average Bonchev–Trinajstić information content (AvgIpc) is 3.09. The molecule has 2 aliphatic rings. The number of hydrogen-bond donors (Lipinski definition) is 3. The fraction of sp³-hybridized carbons (Fsp3) is 0.278. The molecule has 0 saturated carbocycles. The number of carbonyl (C=O) groups is 1. The van der Waals surface area contributed by atoms with Gasteiger partial charge >= 0.3 is 0 Å². The van der Waals surface area contributed by atoms with Gasteiger partial charge in [0.05, 0.1) is 17.4 Å². The molecular formula is C36H40N6OS. The summed E-state index contributed by atoms with van der Waals surface area (Å²) in [6.45, 7) is 7.23. The first-order chi connectivity index (χ1) is 21.7. The maximum atomic E-state index is 13.4. The Labute approximate surface area is 265 Å². The van der Waals surface area contributed by atoms with Crippen LogP contribution in [0.1, 0.15) is 33.1 Å². The number of nitrogens with zero attached hydrogens (tertiary/aromatic N) is 3. The van der Waals surface area contributed by atoms with Gasteiger partial charge in [0.2, 0.25) is 0 Å². The third-order valence-corrected chi connectivity index (χ3v) is 8.69. The Morgan fingerprint density at radius 3 is 1.95 bits per heavy atom. The van der Waals surface area contributed by atoms with Crippen LogP contribution in [-0.4, -0.2) is 73.2 Å². The molecule has 0 unspecified atom stereocenters. The summed E-state index contributed by atoms with van der Waals surface area (Å²) in [5.74, 6) is 0.0580. The van der Waals surface area contributed by atoms with E-state index in [1.54, 1.807) is 0 Å². The Kier molecular flexibility index (Phi) is 9.82. The van der Waals surface area contributed by atoms with Crippen LogP contribution in [0, 0.1) is 0 Å². The summed E-state index contributed by atoms with van der Waals surface area (Å²) in [4.78, 5) is 20.3. The highest BCUT2D eigenvalue weighted by molar-refractivity contribution is 7.80. The third kappa shape index (κ3) is 7.27. The van der Waals surface area contributed by atoms with E-state index < -0.39 is 0 Å². The number of amides is 1. The van der Waals surface area contributed by atoms with Crippen molar-refractivity contribution in [2.45, 2.75) is 12.6 Å². The van der Waals surface area contributed by atoms with Crippen molar-refractivity contribution in [2.75, 3.05) is 62.6 Å². The first kappa shape index (κ1) is 29.8. The lowest BCUT2D eigenvalue weighted by molar-refractivity contribution is 0.0736. The molecule has 0 radical (unpaired) electrons. The molecule has 2 saturated heterocycles. The number of carbonyl (C=O) groups excluding carboxylic acids is 1. The SMILES string of the molecule is O=C(c1ccc(N2CCN(C(c3ccccc3)c3ccccc3)CC2)c(NC(=S)NCc2ccccc2)c1)N1CCNCC1. The van der Waals surface area contributed by atoms with E-state index in [-0.39, 0.29) is 11.9 Å². The van der Waals surface area contributed by atoms with E-state index in [2.05, 4.69) is 105 Å². The van der Waals surface area contributed by atoms with Gasteiger partial charge in [0, 0.05) is 64.5 Å². The summed E-state index contributed by atoms with van der Waals surface area (Å²) < 4.78 is 0. The molecule has 2 fully saturated rings. The smallest absolute Gasteiger partial charge is 0.254 e. The Morgan fingerprint density at radius 1 is 0.750 bits per heavy atom. The number of hydrogen-bond acceptors (Lipinski definition) is 5. The van der Waals surface area contributed by atoms with Gasteiger partial charge in [0.15, 0.2) is 5.11 Å². The van der Waals surface area contributed by atoms with Gasteiger partial charge in [-0.3, -0.25) is 9.69 Å². The topological polar surface area (TPSA) is 62.9 Å². The molecule has 6 rings (SSSR count). The van der Waals surface area contributed by atoms with E-state index in [0.29, 0.717) is 30.3 Å². The fourth-order valence-electron chi connectivity index (χ4n) is 6.15. The van der Waals surface area contributed by atoms with Gasteiger partial charge in [0.1, 0.15) is 0 Å². The molecule has 8 heteroatoms. The van der Waals surface area contributed by atoms with Crippen molar-refractivity contribution in [3.05, 3.63) is 131 Å². The standard InChI is InChI=1S/C36H40N6OS/c43-35(42-20-18-37-19-21-42)31-16-17-33(32(26-31)39-36(44)38-27-28-10-4-1-5-11-28)40-22-24-41(25-23-40)34(29-12-6-2-7-13-29)30-14-8-3-9-15-30/h1-17,26,34,37H,18-25,27H2,(H2,38,39,44). The molecule has 0 aliphatic carbocycles. The molecule has 0 bridgehead atoms. The average molecular weight is 605 g/mol. The van der Waals surface area contributed by atoms with Gasteiger partial charge in [-0.1, -0.05) is 91.0 Å². The number of benzene rings is 4. The summed E-state index contributed by atoms with van der Waals surface area (Å²) in [7, 11) is 0. The second-order valence-corrected chi connectivity index (χ2v) is 11.7. The van der Waals surface area contributed by atoms with Crippen molar-refractivity contribution in [1.82, 2.24) is 20.4 Å². The highest BCUT2D eigenvalue weighted by Crippen LogP contribution is 2.33. The molecule has 44 heavy (non-hydrogen) atoms. The monoisotopic (exact) mass is 604 g/mol. The predicted molar refractivity (Wildman–Crippen MR) is 183 cm³/mol. The molecule has 0 aromatic heterocycles. The Hall–Kier alpha value is -4.24. The lowest BCUT2D eigenvalue weighted by atomic mass is 9.96. The molecule has 4 aromatic rings. The molecule has 3 N–H and O–H groups in total. The maximum absolute atomic E-state index is 13.4. The van der Waals surface area contributed by atoms with Gasteiger partial charge in [-0.15, -0.1) is 0 Å². The maximum Gasteiger partial charge on any atom is 0.254 e. The highest BCUT2D eigenvalue weighted by Gasteiger charge is 2.28. The summed E-state index contributed by atoms with van der Waals surface area (Å²) in [6, 6.07) is 38.0. The Bertz CT molecular complexity index is 1480. The zero-order valence-electron chi connectivity index (χ0n) is 25.0. The van der Waals surface area contributed by atoms with Crippen LogP contribution in [0.15, 0.2) is 109 Å². The van der Waals surface area contributed by atoms with Crippen molar-refractivity contribution in [1.29, 1.82) is 0 Å². The number of rotatable bonds is 8. The Balaban J connectivity index is 1.21. The molecule has 2 heterocycles. The van der Waals surface area contributed by atoms with E-state index in [4.69, 9.17) is 12.2 Å². The van der Waals surface area contributed by atoms with Gasteiger partial charge in [-0.05, 0) is 47.1 Å². The highest BCUT2D eigenvalue weighted by atomic mass is 32.1. The minimum absolute atomic E-state index is 0.0580. The van der Waals surface area contributed by atoms with E-state index in [1.165, 1.54) is 11.1 Å². The van der Waals surface area contributed by atoms with Crippen molar-refractivity contribution in [3.63, 3.8) is 0 Å². The van der Waals surface area contributed by atoms with Crippen molar-refractivity contribution in [2.24, 2.45) is 0 Å². The largest absolute Gasteiger partial charge is 0.367 e. The van der Waals surface area contributed by atoms with Crippen LogP contribution in [0.2, 0.25) is 0 Å². The lowest BCUT2D eigenvalue weighted by Crippen LogP contribution is -2.48. The van der Waals surface area contributed by atoms with Crippen LogP contribution in [0.3, 0.4) is 0 Å². The first-order valence-electron chi connectivity index (χ1n) is 15.5. The molecule has 1 amide bonds. The second kappa shape index (κ2) is 14.5. The van der Waals surface area contributed by atoms with Crippen LogP contribution < -0.4 is 20.9 Å². The summed E-state index contributed by atoms with van der Waals surface area (Å²) in [6.07, 6.45) is 0. The van der Waals surface area contributed by atoms with Crippen LogP contribution in [0.4, 0.5) is 11.4 Å². The number of thiocarbonyl (C=S) groups is 1. The molecule has 4 aromatic carbocycles. The minimum Gasteiger partial charge on any atom is -0.367 e. The quantitative estimate of drug-likeness (QED) is 0.241. The van der Waals surface area contributed by atoms with Crippen molar-refractivity contribution >= 4 is 34.6 Å². The summed E-state index contributed by atoms with van der Waals surface area (Å²) >= 11 is 5.74. The minimum atomic E-state index is 0.0580.